The fourth-order valence-corrected chi connectivity index (χ4v) is 2.06. The van der Waals surface area contributed by atoms with Crippen LogP contribution in [0.25, 0.3) is 11.5 Å². The van der Waals surface area contributed by atoms with Gasteiger partial charge in [0.15, 0.2) is 0 Å². The predicted molar refractivity (Wildman–Crippen MR) is 73.9 cm³/mol. The number of aromatic nitrogens is 2. The van der Waals surface area contributed by atoms with Gasteiger partial charge in [0, 0.05) is 24.4 Å². The highest BCUT2D eigenvalue weighted by Gasteiger charge is 2.29. The van der Waals surface area contributed by atoms with Crippen molar-refractivity contribution in [3.63, 3.8) is 0 Å². The second kappa shape index (κ2) is 5.45. The van der Waals surface area contributed by atoms with Crippen LogP contribution in [0.5, 0.6) is 0 Å². The Morgan fingerprint density at radius 3 is 2.90 bits per heavy atom. The first-order chi connectivity index (χ1) is 9.74. The van der Waals surface area contributed by atoms with Crippen LogP contribution < -0.4 is 5.32 Å². The van der Waals surface area contributed by atoms with Gasteiger partial charge in [0.1, 0.15) is 0 Å². The monoisotopic (exact) mass is 271 g/mol. The van der Waals surface area contributed by atoms with Crippen molar-refractivity contribution in [1.82, 2.24) is 15.5 Å². The Kier molecular flexibility index (Phi) is 3.50. The highest BCUT2D eigenvalue weighted by atomic mass is 16.4. The lowest BCUT2D eigenvalue weighted by Crippen LogP contribution is -2.26. The van der Waals surface area contributed by atoms with Gasteiger partial charge in [-0.1, -0.05) is 18.2 Å². The third kappa shape index (κ3) is 2.87. The van der Waals surface area contributed by atoms with Crippen molar-refractivity contribution in [2.24, 2.45) is 5.92 Å². The molecule has 1 aliphatic rings. The molecule has 1 amide bonds. The van der Waals surface area contributed by atoms with Crippen LogP contribution in [0.2, 0.25) is 0 Å². The Bertz CT molecular complexity index is 617. The number of nitrogens with one attached hydrogen (secondary N) is 1. The van der Waals surface area contributed by atoms with Crippen molar-refractivity contribution < 1.29 is 9.21 Å². The Morgan fingerprint density at radius 2 is 2.15 bits per heavy atom. The first-order valence-corrected chi connectivity index (χ1v) is 6.90. The minimum absolute atomic E-state index is 0.142. The molecule has 5 heteroatoms. The molecule has 1 aliphatic carbocycles. The SMILES string of the molecule is Cc1ccccc1-c1nnc(CCNC(=O)C2CC2)o1. The number of nitrogens with zero attached hydrogens (tertiary/aromatic N) is 2. The maximum atomic E-state index is 11.5. The van der Waals surface area contributed by atoms with Crippen LogP contribution in [-0.4, -0.2) is 22.6 Å². The smallest absolute Gasteiger partial charge is 0.247 e. The molecule has 1 saturated carbocycles. The highest BCUT2D eigenvalue weighted by Crippen LogP contribution is 2.28. The summed E-state index contributed by atoms with van der Waals surface area (Å²) in [6.07, 6.45) is 2.60. The van der Waals surface area contributed by atoms with Gasteiger partial charge in [-0.05, 0) is 31.4 Å². The number of carbonyl (C=O) groups is 1. The first-order valence-electron chi connectivity index (χ1n) is 6.90. The molecule has 0 aliphatic heterocycles. The average molecular weight is 271 g/mol. The summed E-state index contributed by atoms with van der Waals surface area (Å²) in [4.78, 5) is 11.5. The zero-order chi connectivity index (χ0) is 13.9. The topological polar surface area (TPSA) is 68.0 Å². The molecule has 1 fully saturated rings. The number of aryl methyl sites for hydroxylation is 1. The number of amides is 1. The van der Waals surface area contributed by atoms with E-state index in [0.717, 1.165) is 24.0 Å². The molecule has 0 unspecified atom stereocenters. The zero-order valence-corrected chi connectivity index (χ0v) is 11.4. The van der Waals surface area contributed by atoms with Gasteiger partial charge in [-0.2, -0.15) is 0 Å². The number of benzene rings is 1. The van der Waals surface area contributed by atoms with E-state index in [9.17, 15) is 4.79 Å². The Balaban J connectivity index is 1.59. The largest absolute Gasteiger partial charge is 0.421 e. The summed E-state index contributed by atoms with van der Waals surface area (Å²) in [7, 11) is 0. The minimum Gasteiger partial charge on any atom is -0.421 e. The molecule has 0 bridgehead atoms. The van der Waals surface area contributed by atoms with E-state index in [2.05, 4.69) is 15.5 Å². The van der Waals surface area contributed by atoms with E-state index in [1.54, 1.807) is 0 Å². The van der Waals surface area contributed by atoms with Gasteiger partial charge in [0.05, 0.1) is 0 Å². The molecule has 0 saturated heterocycles. The Morgan fingerprint density at radius 1 is 1.35 bits per heavy atom. The normalized spacial score (nSPS) is 14.2. The number of hydrogen-bond donors (Lipinski definition) is 1. The molecule has 1 N–H and O–H groups in total. The molecule has 1 heterocycles. The fourth-order valence-electron chi connectivity index (χ4n) is 2.06. The van der Waals surface area contributed by atoms with Gasteiger partial charge in [0.2, 0.25) is 17.7 Å². The lowest BCUT2D eigenvalue weighted by atomic mass is 10.1. The maximum Gasteiger partial charge on any atom is 0.247 e. The van der Waals surface area contributed by atoms with Crippen molar-refractivity contribution in [3.05, 3.63) is 35.7 Å². The molecular formula is C15H17N3O2. The van der Waals surface area contributed by atoms with E-state index in [0.29, 0.717) is 24.7 Å². The second-order valence-corrected chi connectivity index (χ2v) is 5.13. The first kappa shape index (κ1) is 12.8. The number of rotatable bonds is 5. The van der Waals surface area contributed by atoms with Crippen molar-refractivity contribution >= 4 is 5.91 Å². The van der Waals surface area contributed by atoms with E-state index in [-0.39, 0.29) is 11.8 Å². The predicted octanol–water partition coefficient (Wildman–Crippen LogP) is 2.11. The number of hydrogen-bond acceptors (Lipinski definition) is 4. The number of carbonyl (C=O) groups excluding carboxylic acids is 1. The molecule has 3 rings (SSSR count). The van der Waals surface area contributed by atoms with Crippen molar-refractivity contribution in [2.45, 2.75) is 26.2 Å². The summed E-state index contributed by atoms with van der Waals surface area (Å²) in [5.41, 5.74) is 2.05. The molecule has 0 radical (unpaired) electrons. The summed E-state index contributed by atoms with van der Waals surface area (Å²) in [5, 5.41) is 11.0. The fraction of sp³-hybridized carbons (Fsp3) is 0.400. The lowest BCUT2D eigenvalue weighted by molar-refractivity contribution is -0.122. The van der Waals surface area contributed by atoms with Crippen molar-refractivity contribution in [3.8, 4) is 11.5 Å². The molecule has 0 spiro atoms. The van der Waals surface area contributed by atoms with Crippen LogP contribution in [0.3, 0.4) is 0 Å². The van der Waals surface area contributed by atoms with Crippen molar-refractivity contribution in [2.75, 3.05) is 6.54 Å². The van der Waals surface area contributed by atoms with Gasteiger partial charge in [-0.25, -0.2) is 0 Å². The van der Waals surface area contributed by atoms with Gasteiger partial charge in [-0.15, -0.1) is 10.2 Å². The second-order valence-electron chi connectivity index (χ2n) is 5.13. The molecule has 104 valence electrons. The van der Waals surface area contributed by atoms with E-state index in [4.69, 9.17) is 4.42 Å². The molecule has 1 aromatic heterocycles. The minimum atomic E-state index is 0.142. The summed E-state index contributed by atoms with van der Waals surface area (Å²) >= 11 is 0. The van der Waals surface area contributed by atoms with Gasteiger partial charge < -0.3 is 9.73 Å². The standard InChI is InChI=1S/C15H17N3O2/c1-10-4-2-3-5-12(10)15-18-17-13(20-15)8-9-16-14(19)11-6-7-11/h2-5,11H,6-9H2,1H3,(H,16,19). The quantitative estimate of drug-likeness (QED) is 0.904. The average Bonchev–Trinajstić information content (AvgIpc) is 3.20. The Labute approximate surface area is 117 Å². The van der Waals surface area contributed by atoms with Crippen LogP contribution in [0.1, 0.15) is 24.3 Å². The van der Waals surface area contributed by atoms with Gasteiger partial charge in [0.25, 0.3) is 0 Å². The highest BCUT2D eigenvalue weighted by molar-refractivity contribution is 5.80. The summed E-state index contributed by atoms with van der Waals surface area (Å²) in [6.45, 7) is 2.56. The third-order valence-electron chi connectivity index (χ3n) is 3.43. The third-order valence-corrected chi connectivity index (χ3v) is 3.43. The molecule has 2 aromatic rings. The van der Waals surface area contributed by atoms with E-state index in [1.165, 1.54) is 0 Å². The van der Waals surface area contributed by atoms with E-state index in [1.807, 2.05) is 31.2 Å². The van der Waals surface area contributed by atoms with Crippen molar-refractivity contribution in [1.29, 1.82) is 0 Å². The van der Waals surface area contributed by atoms with Crippen LogP contribution in [0.4, 0.5) is 0 Å². The van der Waals surface area contributed by atoms with Gasteiger partial charge >= 0.3 is 0 Å². The molecule has 20 heavy (non-hydrogen) atoms. The summed E-state index contributed by atoms with van der Waals surface area (Å²) in [5.74, 6) is 1.47. The van der Waals surface area contributed by atoms with Crippen LogP contribution in [-0.2, 0) is 11.2 Å². The Hall–Kier alpha value is -2.17. The molecular weight excluding hydrogens is 254 g/mol. The molecule has 5 nitrogen and oxygen atoms in total. The lowest BCUT2D eigenvalue weighted by Gasteiger charge is -2.01. The molecule has 1 aromatic carbocycles. The van der Waals surface area contributed by atoms with Crippen LogP contribution in [0, 0.1) is 12.8 Å². The van der Waals surface area contributed by atoms with Crippen LogP contribution >= 0.6 is 0 Å². The van der Waals surface area contributed by atoms with Gasteiger partial charge in [-0.3, -0.25) is 4.79 Å². The summed E-state index contributed by atoms with van der Waals surface area (Å²) < 4.78 is 5.63. The maximum absolute atomic E-state index is 11.5. The molecule has 0 atom stereocenters. The van der Waals surface area contributed by atoms with E-state index < -0.39 is 0 Å². The van der Waals surface area contributed by atoms with Crippen LogP contribution in [0.15, 0.2) is 28.7 Å². The summed E-state index contributed by atoms with van der Waals surface area (Å²) in [6, 6.07) is 7.89. The van der Waals surface area contributed by atoms with E-state index >= 15 is 0 Å². The zero-order valence-electron chi connectivity index (χ0n) is 11.4.